The predicted octanol–water partition coefficient (Wildman–Crippen LogP) is 3.79. The molecule has 1 aromatic heterocycles. The second kappa shape index (κ2) is 8.64. The Morgan fingerprint density at radius 2 is 1.76 bits per heavy atom. The van der Waals surface area contributed by atoms with Gasteiger partial charge in [-0.3, -0.25) is 0 Å². The van der Waals surface area contributed by atoms with Gasteiger partial charge >= 0.3 is 0 Å². The monoisotopic (exact) mass is 326 g/mol. The number of fused-ring (bicyclic) bond motifs is 1. The number of nitrogens with zero attached hydrogens (tertiary/aromatic N) is 1. The fraction of sp³-hybridized carbons (Fsp3) is 0.227. The van der Waals surface area contributed by atoms with E-state index in [1.54, 1.807) is 0 Å². The number of rotatable bonds is 7. The van der Waals surface area contributed by atoms with E-state index >= 15 is 0 Å². The molecule has 1 heterocycles. The Hall–Kier alpha value is -2.39. The molecule has 0 aliphatic carbocycles. The van der Waals surface area contributed by atoms with Crippen LogP contribution in [-0.2, 0) is 6.42 Å². The maximum absolute atomic E-state index is 5.81. The van der Waals surface area contributed by atoms with Crippen LogP contribution >= 0.6 is 0 Å². The maximum Gasteiger partial charge on any atom is 0.113 e. The highest BCUT2D eigenvalue weighted by molar-refractivity contribution is 6.32. The lowest BCUT2D eigenvalue weighted by atomic mass is 9.94. The van der Waals surface area contributed by atoms with E-state index in [9.17, 15) is 0 Å². The van der Waals surface area contributed by atoms with E-state index in [-0.39, 0.29) is 0 Å². The maximum atomic E-state index is 5.81. The number of benzene rings is 2. The first-order chi connectivity index (χ1) is 12.3. The van der Waals surface area contributed by atoms with Gasteiger partial charge < -0.3 is 5.32 Å². The molecule has 0 atom stereocenters. The van der Waals surface area contributed by atoms with Crippen molar-refractivity contribution < 1.29 is 0 Å². The summed E-state index contributed by atoms with van der Waals surface area (Å²) in [5.74, 6) is 0. The molecule has 3 aromatic rings. The van der Waals surface area contributed by atoms with Gasteiger partial charge in [-0.2, -0.15) is 0 Å². The van der Waals surface area contributed by atoms with E-state index < -0.39 is 0 Å². The minimum atomic E-state index is 0.775. The number of nitrogens with one attached hydrogen (secondary N) is 1. The number of allylic oxidation sites excluding steroid dienone is 1. The van der Waals surface area contributed by atoms with Crippen LogP contribution in [-0.4, -0.2) is 26.4 Å². The molecular weight excluding hydrogens is 303 g/mol. The highest BCUT2D eigenvalue weighted by Gasteiger charge is 2.07. The van der Waals surface area contributed by atoms with E-state index in [0.29, 0.717) is 0 Å². The molecule has 2 aromatic carbocycles. The molecule has 0 fully saturated rings. The van der Waals surface area contributed by atoms with Gasteiger partial charge in [0.1, 0.15) is 7.85 Å². The summed E-state index contributed by atoms with van der Waals surface area (Å²) in [6, 6.07) is 18.5. The lowest BCUT2D eigenvalue weighted by molar-refractivity contribution is 0.805. The molecule has 0 bridgehead atoms. The number of pyridine rings is 1. The summed E-state index contributed by atoms with van der Waals surface area (Å²) in [4.78, 5) is 4.84. The highest BCUT2D eigenvalue weighted by atomic mass is 14.8. The Bertz CT molecular complexity index is 854. The number of hydrogen-bond acceptors (Lipinski definition) is 2. The molecular formula is C22H23BN2. The quantitative estimate of drug-likeness (QED) is 0.406. The summed E-state index contributed by atoms with van der Waals surface area (Å²) in [5.41, 5.74) is 5.27. The molecule has 0 aliphatic heterocycles. The third-order valence-corrected chi connectivity index (χ3v) is 4.32. The largest absolute Gasteiger partial charge is 0.319 e. The van der Waals surface area contributed by atoms with E-state index in [1.807, 2.05) is 37.4 Å². The minimum Gasteiger partial charge on any atom is -0.319 e. The molecule has 0 saturated carbocycles. The van der Waals surface area contributed by atoms with Crippen molar-refractivity contribution in [1.29, 1.82) is 0 Å². The van der Waals surface area contributed by atoms with Gasteiger partial charge in [0.2, 0.25) is 0 Å². The van der Waals surface area contributed by atoms with Crippen molar-refractivity contribution in [3.05, 3.63) is 72.3 Å². The first-order valence-corrected chi connectivity index (χ1v) is 8.82. The zero-order valence-corrected chi connectivity index (χ0v) is 14.7. The third kappa shape index (κ3) is 4.58. The summed E-state index contributed by atoms with van der Waals surface area (Å²) in [6.07, 6.45) is 7.65. The zero-order chi connectivity index (χ0) is 17.5. The molecule has 25 heavy (non-hydrogen) atoms. The van der Waals surface area contributed by atoms with Crippen LogP contribution < -0.4 is 10.8 Å². The normalized spacial score (nSPS) is 11.4. The molecule has 0 spiro atoms. The van der Waals surface area contributed by atoms with Crippen molar-refractivity contribution in [2.75, 3.05) is 13.6 Å². The Balaban J connectivity index is 1.87. The summed E-state index contributed by atoms with van der Waals surface area (Å²) in [6.45, 7) is 1.02. The Morgan fingerprint density at radius 1 is 1.00 bits per heavy atom. The molecule has 0 unspecified atom stereocenters. The van der Waals surface area contributed by atoms with E-state index in [1.165, 1.54) is 10.9 Å². The van der Waals surface area contributed by atoms with E-state index in [2.05, 4.69) is 41.7 Å². The Morgan fingerprint density at radius 3 is 2.56 bits per heavy atom. The molecule has 0 aliphatic rings. The second-order valence-electron chi connectivity index (χ2n) is 6.21. The van der Waals surface area contributed by atoms with Crippen LogP contribution in [0.4, 0.5) is 0 Å². The van der Waals surface area contributed by atoms with Crippen molar-refractivity contribution in [3.63, 3.8) is 0 Å². The van der Waals surface area contributed by atoms with Crippen molar-refractivity contribution in [3.8, 4) is 11.3 Å². The standard InChI is InChI=1S/C22H23BN2/c1-24-15-7-3-2-4-8-18-16-22(17-11-13-19(23)14-12-17)25-21-10-6-5-9-20(18)21/h2-3,5-6,9-14,16,24H,4,7-8,15H2,1H3/b3-2-. The fourth-order valence-electron chi connectivity index (χ4n) is 2.96. The number of aryl methyl sites for hydroxylation is 1. The van der Waals surface area contributed by atoms with Crippen molar-refractivity contribution in [2.24, 2.45) is 0 Å². The lowest BCUT2D eigenvalue weighted by Gasteiger charge is -2.09. The van der Waals surface area contributed by atoms with E-state index in [0.717, 1.165) is 48.0 Å². The van der Waals surface area contributed by atoms with Gasteiger partial charge in [-0.1, -0.05) is 60.1 Å². The molecule has 0 amide bonds. The van der Waals surface area contributed by atoms with Crippen LogP contribution in [0.25, 0.3) is 22.2 Å². The van der Waals surface area contributed by atoms with Crippen molar-refractivity contribution in [1.82, 2.24) is 10.3 Å². The highest BCUT2D eigenvalue weighted by Crippen LogP contribution is 2.25. The van der Waals surface area contributed by atoms with Gasteiger partial charge in [0.25, 0.3) is 0 Å². The van der Waals surface area contributed by atoms with Gasteiger partial charge in [0, 0.05) is 10.9 Å². The van der Waals surface area contributed by atoms with Gasteiger partial charge in [-0.05, 0) is 50.6 Å². The van der Waals surface area contributed by atoms with Crippen molar-refractivity contribution in [2.45, 2.75) is 19.3 Å². The van der Waals surface area contributed by atoms with Gasteiger partial charge in [0.05, 0.1) is 11.2 Å². The summed E-state index contributed by atoms with van der Waals surface area (Å²) < 4.78 is 0. The lowest BCUT2D eigenvalue weighted by Crippen LogP contribution is -2.05. The molecule has 1 N–H and O–H groups in total. The van der Waals surface area contributed by atoms with Crippen LogP contribution in [0.5, 0.6) is 0 Å². The topological polar surface area (TPSA) is 24.9 Å². The summed E-state index contributed by atoms with van der Waals surface area (Å²) in [7, 11) is 7.79. The molecule has 3 rings (SSSR count). The molecule has 2 radical (unpaired) electrons. The average Bonchev–Trinajstić information content (AvgIpc) is 2.65. The average molecular weight is 326 g/mol. The third-order valence-electron chi connectivity index (χ3n) is 4.32. The number of aromatic nitrogens is 1. The first kappa shape index (κ1) is 17.4. The van der Waals surface area contributed by atoms with Crippen LogP contribution in [0, 0.1) is 0 Å². The van der Waals surface area contributed by atoms with Crippen molar-refractivity contribution >= 4 is 24.2 Å². The van der Waals surface area contributed by atoms with Gasteiger partial charge in [0.15, 0.2) is 0 Å². The van der Waals surface area contributed by atoms with Gasteiger partial charge in [-0.25, -0.2) is 4.98 Å². The number of hydrogen-bond donors (Lipinski definition) is 1. The summed E-state index contributed by atoms with van der Waals surface area (Å²) in [5, 5.41) is 4.40. The van der Waals surface area contributed by atoms with Crippen LogP contribution in [0.3, 0.4) is 0 Å². The predicted molar refractivity (Wildman–Crippen MR) is 109 cm³/mol. The minimum absolute atomic E-state index is 0.775. The molecule has 124 valence electrons. The fourth-order valence-corrected chi connectivity index (χ4v) is 2.96. The zero-order valence-electron chi connectivity index (χ0n) is 14.7. The molecule has 3 heteroatoms. The molecule has 0 saturated heterocycles. The Kier molecular flexibility index (Phi) is 6.02. The summed E-state index contributed by atoms with van der Waals surface area (Å²) >= 11 is 0. The van der Waals surface area contributed by atoms with Crippen LogP contribution in [0.15, 0.2) is 66.7 Å². The number of para-hydroxylation sites is 1. The van der Waals surface area contributed by atoms with Crippen LogP contribution in [0.1, 0.15) is 18.4 Å². The first-order valence-electron chi connectivity index (χ1n) is 8.82. The van der Waals surface area contributed by atoms with Gasteiger partial charge in [-0.15, -0.1) is 0 Å². The van der Waals surface area contributed by atoms with E-state index in [4.69, 9.17) is 12.8 Å². The SMILES string of the molecule is [B]c1ccc(-c2cc(CC/C=C\CCNC)c3ccccc3n2)cc1. The Labute approximate surface area is 151 Å². The second-order valence-corrected chi connectivity index (χ2v) is 6.21. The smallest absolute Gasteiger partial charge is 0.113 e. The molecule has 2 nitrogen and oxygen atoms in total. The van der Waals surface area contributed by atoms with Crippen LogP contribution in [0.2, 0.25) is 0 Å².